The zero-order chi connectivity index (χ0) is 23.2. The fourth-order valence-corrected chi connectivity index (χ4v) is 3.03. The van der Waals surface area contributed by atoms with Gasteiger partial charge < -0.3 is 23.5 Å². The Morgan fingerprint density at radius 2 is 1.70 bits per heavy atom. The first-order valence-electron chi connectivity index (χ1n) is 9.75. The van der Waals surface area contributed by atoms with Crippen molar-refractivity contribution in [2.75, 3.05) is 21.3 Å². The molecule has 0 aliphatic rings. The van der Waals surface area contributed by atoms with Crippen molar-refractivity contribution >= 4 is 5.71 Å². The summed E-state index contributed by atoms with van der Waals surface area (Å²) in [5, 5.41) is 23.9. The third-order valence-electron chi connectivity index (χ3n) is 4.60. The summed E-state index contributed by atoms with van der Waals surface area (Å²) in [5.41, 5.74) is 1.85. The van der Waals surface area contributed by atoms with Gasteiger partial charge in [0.2, 0.25) is 17.5 Å². The van der Waals surface area contributed by atoms with E-state index in [-0.39, 0.29) is 18.4 Å². The number of nitrogens with zero attached hydrogens (tertiary/aromatic N) is 7. The molecule has 12 heteroatoms. The molecule has 0 amide bonds. The Labute approximate surface area is 188 Å². The second-order valence-electron chi connectivity index (χ2n) is 6.62. The van der Waals surface area contributed by atoms with E-state index < -0.39 is 0 Å². The van der Waals surface area contributed by atoms with E-state index in [4.69, 9.17) is 23.5 Å². The molecule has 0 atom stereocenters. The minimum Gasteiger partial charge on any atom is -0.493 e. The molecule has 0 aliphatic heterocycles. The molecule has 4 rings (SSSR count). The minimum absolute atomic E-state index is 0.0565. The largest absolute Gasteiger partial charge is 0.493 e. The number of benzene rings is 2. The molecule has 2 heterocycles. The summed E-state index contributed by atoms with van der Waals surface area (Å²) >= 11 is 0. The average molecular weight is 451 g/mol. The molecule has 0 bridgehead atoms. The van der Waals surface area contributed by atoms with Gasteiger partial charge in [-0.05, 0) is 22.6 Å². The number of aryl methyl sites for hydroxylation is 1. The van der Waals surface area contributed by atoms with Gasteiger partial charge in [-0.25, -0.2) is 4.68 Å². The van der Waals surface area contributed by atoms with Crippen molar-refractivity contribution in [2.45, 2.75) is 6.61 Å². The highest BCUT2D eigenvalue weighted by molar-refractivity contribution is 6.10. The molecular formula is C21H21N7O5. The van der Waals surface area contributed by atoms with Crippen LogP contribution in [0.25, 0.3) is 11.5 Å². The van der Waals surface area contributed by atoms with Gasteiger partial charge in [0.25, 0.3) is 5.89 Å². The van der Waals surface area contributed by atoms with Crippen LogP contribution in [0.4, 0.5) is 0 Å². The van der Waals surface area contributed by atoms with Crippen LogP contribution < -0.4 is 14.2 Å². The maximum absolute atomic E-state index is 5.73. The standard InChI is InChI=1S/C21H21N7O5/c1-28-20(23-26-27-28)18(13-8-6-5-7-9-13)25-32-12-17-22-24-21(33-17)14-10-15(29-2)19(31-4)16(11-14)30-3/h5-11H,12H2,1-4H3/b25-18-. The van der Waals surface area contributed by atoms with Crippen molar-refractivity contribution in [3.63, 3.8) is 0 Å². The number of rotatable bonds is 9. The molecule has 12 nitrogen and oxygen atoms in total. The van der Waals surface area contributed by atoms with E-state index in [1.165, 1.54) is 26.0 Å². The van der Waals surface area contributed by atoms with Crippen LogP contribution in [0.5, 0.6) is 17.2 Å². The van der Waals surface area contributed by atoms with Gasteiger partial charge in [-0.1, -0.05) is 35.5 Å². The van der Waals surface area contributed by atoms with E-state index in [1.54, 1.807) is 19.2 Å². The summed E-state index contributed by atoms with van der Waals surface area (Å²) in [4.78, 5) is 5.50. The van der Waals surface area contributed by atoms with Crippen molar-refractivity contribution in [3.8, 4) is 28.7 Å². The van der Waals surface area contributed by atoms with Gasteiger partial charge in [0, 0.05) is 18.2 Å². The Hall–Kier alpha value is -4.48. The third-order valence-corrected chi connectivity index (χ3v) is 4.60. The number of ether oxygens (including phenoxy) is 3. The summed E-state index contributed by atoms with van der Waals surface area (Å²) in [6.45, 7) is -0.0565. The lowest BCUT2D eigenvalue weighted by Crippen LogP contribution is -2.12. The van der Waals surface area contributed by atoms with Crippen molar-refractivity contribution < 1.29 is 23.5 Å². The van der Waals surface area contributed by atoms with Crippen molar-refractivity contribution in [3.05, 3.63) is 59.7 Å². The molecule has 0 saturated heterocycles. The molecule has 0 saturated carbocycles. The molecule has 170 valence electrons. The Balaban J connectivity index is 1.55. The fraction of sp³-hybridized carbons (Fsp3) is 0.238. The van der Waals surface area contributed by atoms with Gasteiger partial charge in [-0.2, -0.15) is 0 Å². The van der Waals surface area contributed by atoms with E-state index in [0.717, 1.165) is 5.56 Å². The minimum atomic E-state index is -0.0565. The normalized spacial score (nSPS) is 11.3. The maximum Gasteiger partial charge on any atom is 0.257 e. The molecule has 0 unspecified atom stereocenters. The molecule has 0 N–H and O–H groups in total. The van der Waals surface area contributed by atoms with Crippen LogP contribution in [-0.4, -0.2) is 57.4 Å². The summed E-state index contributed by atoms with van der Waals surface area (Å²) in [5.74, 6) is 2.34. The van der Waals surface area contributed by atoms with Gasteiger partial charge in [-0.3, -0.25) is 0 Å². The van der Waals surface area contributed by atoms with E-state index in [0.29, 0.717) is 34.3 Å². The fourth-order valence-electron chi connectivity index (χ4n) is 3.03. The molecule has 0 radical (unpaired) electrons. The predicted molar refractivity (Wildman–Crippen MR) is 115 cm³/mol. The monoisotopic (exact) mass is 451 g/mol. The molecular weight excluding hydrogens is 430 g/mol. The van der Waals surface area contributed by atoms with Crippen molar-refractivity contribution in [2.24, 2.45) is 12.2 Å². The first-order valence-corrected chi connectivity index (χ1v) is 9.75. The number of hydrogen-bond donors (Lipinski definition) is 0. The van der Waals surface area contributed by atoms with E-state index in [2.05, 4.69) is 30.9 Å². The van der Waals surface area contributed by atoms with Crippen LogP contribution in [-0.2, 0) is 18.5 Å². The smallest absolute Gasteiger partial charge is 0.257 e. The highest BCUT2D eigenvalue weighted by Crippen LogP contribution is 2.40. The average Bonchev–Trinajstić information content (AvgIpc) is 3.50. The number of oxime groups is 1. The summed E-state index contributed by atoms with van der Waals surface area (Å²) in [7, 11) is 6.31. The van der Waals surface area contributed by atoms with Crippen LogP contribution in [0.3, 0.4) is 0 Å². The Morgan fingerprint density at radius 1 is 0.970 bits per heavy atom. The highest BCUT2D eigenvalue weighted by Gasteiger charge is 2.18. The number of methoxy groups -OCH3 is 3. The van der Waals surface area contributed by atoms with Crippen molar-refractivity contribution in [1.82, 2.24) is 30.4 Å². The summed E-state index contributed by atoms with van der Waals surface area (Å²) < 4.78 is 23.3. The van der Waals surface area contributed by atoms with Gasteiger partial charge in [-0.15, -0.1) is 15.3 Å². The van der Waals surface area contributed by atoms with Gasteiger partial charge in [0.15, 0.2) is 23.8 Å². The molecule has 33 heavy (non-hydrogen) atoms. The zero-order valence-corrected chi connectivity index (χ0v) is 18.4. The molecule has 0 fully saturated rings. The quantitative estimate of drug-likeness (QED) is 0.276. The summed E-state index contributed by atoms with van der Waals surface area (Å²) in [6, 6.07) is 12.9. The van der Waals surface area contributed by atoms with Gasteiger partial charge in [0.1, 0.15) is 0 Å². The topological polar surface area (TPSA) is 132 Å². The lowest BCUT2D eigenvalue weighted by atomic mass is 10.1. The third kappa shape index (κ3) is 4.59. The van der Waals surface area contributed by atoms with Crippen LogP contribution in [0, 0.1) is 0 Å². The molecule has 4 aromatic rings. The van der Waals surface area contributed by atoms with Gasteiger partial charge >= 0.3 is 0 Å². The summed E-state index contributed by atoms with van der Waals surface area (Å²) in [6.07, 6.45) is 0. The molecule has 2 aromatic carbocycles. The van der Waals surface area contributed by atoms with Crippen LogP contribution in [0.1, 0.15) is 17.3 Å². The molecule has 0 spiro atoms. The Bertz CT molecular complexity index is 1230. The molecule has 0 aliphatic carbocycles. The highest BCUT2D eigenvalue weighted by atomic mass is 16.6. The first-order chi connectivity index (χ1) is 16.1. The van der Waals surface area contributed by atoms with Crippen LogP contribution in [0.2, 0.25) is 0 Å². The van der Waals surface area contributed by atoms with Crippen LogP contribution >= 0.6 is 0 Å². The first kappa shape index (κ1) is 21.7. The number of hydrogen-bond acceptors (Lipinski definition) is 11. The Kier molecular flexibility index (Phi) is 6.43. The second kappa shape index (κ2) is 9.77. The second-order valence-corrected chi connectivity index (χ2v) is 6.62. The van der Waals surface area contributed by atoms with E-state index in [1.807, 2.05) is 30.3 Å². The lowest BCUT2D eigenvalue weighted by molar-refractivity contribution is 0.111. The van der Waals surface area contributed by atoms with Crippen LogP contribution in [0.15, 0.2) is 52.0 Å². The predicted octanol–water partition coefficient (Wildman–Crippen LogP) is 2.26. The zero-order valence-electron chi connectivity index (χ0n) is 18.4. The SMILES string of the molecule is COc1cc(-c2nnc(CO/N=C(/c3ccccc3)c3nnnn3C)o2)cc(OC)c1OC. The maximum atomic E-state index is 5.73. The van der Waals surface area contributed by atoms with E-state index in [9.17, 15) is 0 Å². The molecule has 2 aromatic heterocycles. The Morgan fingerprint density at radius 3 is 2.30 bits per heavy atom. The number of tetrazole rings is 1. The van der Waals surface area contributed by atoms with Gasteiger partial charge in [0.05, 0.1) is 21.3 Å². The van der Waals surface area contributed by atoms with Crippen molar-refractivity contribution in [1.29, 1.82) is 0 Å². The number of aromatic nitrogens is 6. The van der Waals surface area contributed by atoms with E-state index >= 15 is 0 Å². The lowest BCUT2D eigenvalue weighted by Gasteiger charge is -2.12.